The molecule has 3 nitrogen and oxygen atoms in total. The van der Waals surface area contributed by atoms with E-state index in [1.54, 1.807) is 0 Å². The van der Waals surface area contributed by atoms with E-state index in [0.717, 1.165) is 51.1 Å². The topological polar surface area (TPSA) is 39.1 Å². The summed E-state index contributed by atoms with van der Waals surface area (Å²) in [6.45, 7) is 5.34. The van der Waals surface area contributed by atoms with Gasteiger partial charge in [-0.2, -0.15) is 5.26 Å². The molecule has 0 bridgehead atoms. The van der Waals surface area contributed by atoms with Crippen molar-refractivity contribution in [1.29, 1.82) is 5.26 Å². The molecule has 1 saturated heterocycles. The van der Waals surface area contributed by atoms with Crippen LogP contribution < -0.4 is 5.32 Å². The predicted molar refractivity (Wildman–Crippen MR) is 60.3 cm³/mol. The number of nitrogens with one attached hydrogen (secondary N) is 1. The lowest BCUT2D eigenvalue weighted by Gasteiger charge is -2.28. The normalized spacial score (nSPS) is 22.9. The molecule has 0 amide bonds. The Morgan fingerprint density at radius 2 is 2.20 bits per heavy atom. The van der Waals surface area contributed by atoms with Crippen molar-refractivity contribution in [3.05, 3.63) is 23.3 Å². The van der Waals surface area contributed by atoms with E-state index in [1.165, 1.54) is 5.57 Å². The van der Waals surface area contributed by atoms with Crippen molar-refractivity contribution in [2.75, 3.05) is 32.7 Å². The van der Waals surface area contributed by atoms with Crippen LogP contribution in [0.2, 0.25) is 0 Å². The Labute approximate surface area is 91.1 Å². The summed E-state index contributed by atoms with van der Waals surface area (Å²) in [5, 5.41) is 12.3. The minimum Gasteiger partial charge on any atom is -0.314 e. The third kappa shape index (κ3) is 2.68. The van der Waals surface area contributed by atoms with Gasteiger partial charge in [0.05, 0.1) is 11.6 Å². The molecule has 0 aromatic heterocycles. The van der Waals surface area contributed by atoms with Gasteiger partial charge in [-0.05, 0) is 24.5 Å². The van der Waals surface area contributed by atoms with E-state index in [9.17, 15) is 0 Å². The van der Waals surface area contributed by atoms with Crippen molar-refractivity contribution in [2.24, 2.45) is 0 Å². The standard InChI is InChI=1S/C12H17N3/c13-9-11-3-1-2-4-12(11)10-15-7-5-14-6-8-15/h1,3,14H,2,4-8,10H2. The van der Waals surface area contributed by atoms with Crippen LogP contribution in [-0.4, -0.2) is 37.6 Å². The van der Waals surface area contributed by atoms with Gasteiger partial charge in [0.2, 0.25) is 0 Å². The molecular formula is C12H17N3. The fourth-order valence-corrected chi connectivity index (χ4v) is 2.13. The van der Waals surface area contributed by atoms with Crippen LogP contribution in [0.25, 0.3) is 0 Å². The highest BCUT2D eigenvalue weighted by atomic mass is 15.2. The first-order valence-corrected chi connectivity index (χ1v) is 5.62. The van der Waals surface area contributed by atoms with E-state index in [4.69, 9.17) is 5.26 Å². The molecule has 0 saturated carbocycles. The maximum absolute atomic E-state index is 9.00. The molecule has 2 rings (SSSR count). The SMILES string of the molecule is N#CC1=C(CN2CCNCC2)CCC=C1. The Bertz CT molecular complexity index is 316. The summed E-state index contributed by atoms with van der Waals surface area (Å²) in [5.74, 6) is 0. The van der Waals surface area contributed by atoms with Crippen LogP contribution in [0.4, 0.5) is 0 Å². The summed E-state index contributed by atoms with van der Waals surface area (Å²) >= 11 is 0. The fourth-order valence-electron chi connectivity index (χ4n) is 2.13. The molecule has 0 atom stereocenters. The summed E-state index contributed by atoms with van der Waals surface area (Å²) in [4.78, 5) is 2.43. The van der Waals surface area contributed by atoms with E-state index < -0.39 is 0 Å². The first kappa shape index (κ1) is 10.4. The van der Waals surface area contributed by atoms with Crippen LogP contribution in [0.3, 0.4) is 0 Å². The molecule has 0 aromatic rings. The van der Waals surface area contributed by atoms with Crippen LogP contribution in [0.1, 0.15) is 12.8 Å². The van der Waals surface area contributed by atoms with Gasteiger partial charge in [-0.15, -0.1) is 0 Å². The van der Waals surface area contributed by atoms with Gasteiger partial charge in [-0.1, -0.05) is 6.08 Å². The third-order valence-electron chi connectivity index (χ3n) is 3.02. The zero-order chi connectivity index (χ0) is 10.5. The van der Waals surface area contributed by atoms with Crippen molar-refractivity contribution in [2.45, 2.75) is 12.8 Å². The molecule has 1 aliphatic carbocycles. The molecule has 1 heterocycles. The summed E-state index contributed by atoms with van der Waals surface area (Å²) in [7, 11) is 0. The zero-order valence-corrected chi connectivity index (χ0v) is 9.00. The minimum absolute atomic E-state index is 0.889. The second-order valence-electron chi connectivity index (χ2n) is 4.10. The average Bonchev–Trinajstić information content (AvgIpc) is 2.31. The largest absolute Gasteiger partial charge is 0.314 e. The number of piperazine rings is 1. The molecule has 0 radical (unpaired) electrons. The molecule has 0 unspecified atom stereocenters. The second-order valence-corrected chi connectivity index (χ2v) is 4.10. The Morgan fingerprint density at radius 1 is 1.40 bits per heavy atom. The van der Waals surface area contributed by atoms with Crippen molar-refractivity contribution in [1.82, 2.24) is 10.2 Å². The van der Waals surface area contributed by atoms with Crippen molar-refractivity contribution >= 4 is 0 Å². The Balaban J connectivity index is 2.00. The number of nitriles is 1. The van der Waals surface area contributed by atoms with Crippen LogP contribution >= 0.6 is 0 Å². The number of nitrogens with zero attached hydrogens (tertiary/aromatic N) is 2. The second kappa shape index (κ2) is 5.11. The highest BCUT2D eigenvalue weighted by Gasteiger charge is 2.14. The summed E-state index contributed by atoms with van der Waals surface area (Å²) < 4.78 is 0. The smallest absolute Gasteiger partial charge is 0.0991 e. The molecule has 2 aliphatic rings. The van der Waals surface area contributed by atoms with E-state index in [1.807, 2.05) is 6.08 Å². The van der Waals surface area contributed by atoms with Gasteiger partial charge in [-0.3, -0.25) is 4.90 Å². The van der Waals surface area contributed by atoms with Crippen molar-refractivity contribution < 1.29 is 0 Å². The van der Waals surface area contributed by atoms with Crippen LogP contribution in [0, 0.1) is 11.3 Å². The van der Waals surface area contributed by atoms with E-state index in [-0.39, 0.29) is 0 Å². The Kier molecular flexibility index (Phi) is 3.54. The number of hydrogen-bond acceptors (Lipinski definition) is 3. The van der Waals surface area contributed by atoms with Crippen LogP contribution in [-0.2, 0) is 0 Å². The van der Waals surface area contributed by atoms with E-state index in [0.29, 0.717) is 0 Å². The summed E-state index contributed by atoms with van der Waals surface area (Å²) in [6, 6.07) is 2.29. The molecule has 0 spiro atoms. The quantitative estimate of drug-likeness (QED) is 0.729. The van der Waals surface area contributed by atoms with Crippen molar-refractivity contribution in [3.8, 4) is 6.07 Å². The predicted octanol–water partition coefficient (Wildman–Crippen LogP) is 1.06. The molecule has 1 aliphatic heterocycles. The van der Waals surface area contributed by atoms with Gasteiger partial charge < -0.3 is 5.32 Å². The molecule has 1 fully saturated rings. The monoisotopic (exact) mass is 203 g/mol. The highest BCUT2D eigenvalue weighted by Crippen LogP contribution is 2.19. The molecule has 1 N–H and O–H groups in total. The van der Waals surface area contributed by atoms with Gasteiger partial charge in [0.25, 0.3) is 0 Å². The van der Waals surface area contributed by atoms with Gasteiger partial charge in [0, 0.05) is 32.7 Å². The molecular weight excluding hydrogens is 186 g/mol. The lowest BCUT2D eigenvalue weighted by molar-refractivity contribution is 0.257. The van der Waals surface area contributed by atoms with Gasteiger partial charge >= 0.3 is 0 Å². The summed E-state index contributed by atoms with van der Waals surface area (Å²) in [5.41, 5.74) is 2.21. The summed E-state index contributed by atoms with van der Waals surface area (Å²) in [6.07, 6.45) is 6.22. The van der Waals surface area contributed by atoms with Crippen LogP contribution in [0.15, 0.2) is 23.3 Å². The van der Waals surface area contributed by atoms with Crippen LogP contribution in [0.5, 0.6) is 0 Å². The van der Waals surface area contributed by atoms with Gasteiger partial charge in [0.1, 0.15) is 0 Å². The maximum atomic E-state index is 9.00. The highest BCUT2D eigenvalue weighted by molar-refractivity contribution is 5.40. The maximum Gasteiger partial charge on any atom is 0.0991 e. The average molecular weight is 203 g/mol. The first-order valence-electron chi connectivity index (χ1n) is 5.62. The zero-order valence-electron chi connectivity index (χ0n) is 9.00. The fraction of sp³-hybridized carbons (Fsp3) is 0.583. The Hall–Kier alpha value is -1.11. The number of hydrogen-bond donors (Lipinski definition) is 1. The lowest BCUT2D eigenvalue weighted by Crippen LogP contribution is -2.44. The van der Waals surface area contributed by atoms with Gasteiger partial charge in [-0.25, -0.2) is 0 Å². The molecule has 15 heavy (non-hydrogen) atoms. The molecule has 3 heteroatoms. The first-order chi connectivity index (χ1) is 7.40. The molecule has 0 aromatic carbocycles. The minimum atomic E-state index is 0.889. The van der Waals surface area contributed by atoms with Gasteiger partial charge in [0.15, 0.2) is 0 Å². The molecule has 80 valence electrons. The third-order valence-corrected chi connectivity index (χ3v) is 3.02. The Morgan fingerprint density at radius 3 is 2.93 bits per heavy atom. The van der Waals surface area contributed by atoms with E-state index >= 15 is 0 Å². The van der Waals surface area contributed by atoms with Crippen molar-refractivity contribution in [3.63, 3.8) is 0 Å². The number of rotatable bonds is 2. The number of allylic oxidation sites excluding steroid dienone is 3. The van der Waals surface area contributed by atoms with E-state index in [2.05, 4.69) is 22.4 Å². The lowest BCUT2D eigenvalue weighted by atomic mass is 9.98.